The minimum absolute atomic E-state index is 0.0519. The van der Waals surface area contributed by atoms with Gasteiger partial charge in [-0.05, 0) is 64.3 Å². The monoisotopic (exact) mass is 436 g/mol. The zero-order chi connectivity index (χ0) is 22.3. The Bertz CT molecular complexity index is 1070. The number of methoxy groups -OCH3 is 1. The van der Waals surface area contributed by atoms with Crippen LogP contribution >= 0.6 is 0 Å². The van der Waals surface area contributed by atoms with Gasteiger partial charge >= 0.3 is 6.09 Å². The molecule has 0 atom stereocenters. The number of fused-ring (bicyclic) bond motifs is 1. The number of aromatic nitrogens is 2. The number of hydrogen-bond donors (Lipinski definition) is 2. The number of aryl methyl sites for hydroxylation is 2. The quantitative estimate of drug-likeness (QED) is 0.761. The van der Waals surface area contributed by atoms with Crippen LogP contribution in [0.4, 0.5) is 10.6 Å². The van der Waals surface area contributed by atoms with Crippen molar-refractivity contribution >= 4 is 21.9 Å². The lowest BCUT2D eigenvalue weighted by molar-refractivity contribution is 0.0221. The molecule has 1 aromatic heterocycles. The van der Waals surface area contributed by atoms with Crippen molar-refractivity contribution in [3.8, 4) is 5.75 Å². The maximum Gasteiger partial charge on any atom is 0.410 e. The SMILES string of the molecule is COc1cc(C)c(C)cc1S(=O)(=O)Nc1n[nH]c2c1CCN(C(=O)OC(C)(C)C)C2. The van der Waals surface area contributed by atoms with Crippen LogP contribution in [0.5, 0.6) is 5.75 Å². The largest absolute Gasteiger partial charge is 0.495 e. The molecule has 164 valence electrons. The van der Waals surface area contributed by atoms with Crippen molar-refractivity contribution in [3.63, 3.8) is 0 Å². The van der Waals surface area contributed by atoms with Crippen molar-refractivity contribution < 1.29 is 22.7 Å². The number of anilines is 1. The summed E-state index contributed by atoms with van der Waals surface area (Å²) in [5.74, 6) is 0.500. The average Bonchev–Trinajstić information content (AvgIpc) is 3.03. The van der Waals surface area contributed by atoms with E-state index in [0.717, 1.165) is 16.7 Å². The highest BCUT2D eigenvalue weighted by Crippen LogP contribution is 2.31. The molecule has 9 nitrogen and oxygen atoms in total. The molecule has 0 fully saturated rings. The number of carbonyl (C=O) groups excluding carboxylic acids is 1. The second kappa shape index (κ2) is 7.82. The Morgan fingerprint density at radius 2 is 1.90 bits per heavy atom. The van der Waals surface area contributed by atoms with Crippen molar-refractivity contribution in [2.75, 3.05) is 18.4 Å². The zero-order valence-electron chi connectivity index (χ0n) is 18.1. The number of carbonyl (C=O) groups is 1. The van der Waals surface area contributed by atoms with E-state index in [1.54, 1.807) is 17.0 Å². The van der Waals surface area contributed by atoms with Crippen LogP contribution < -0.4 is 9.46 Å². The van der Waals surface area contributed by atoms with Crippen LogP contribution in [0.1, 0.15) is 43.2 Å². The van der Waals surface area contributed by atoms with Gasteiger partial charge in [-0.15, -0.1) is 0 Å². The van der Waals surface area contributed by atoms with Crippen LogP contribution in [-0.2, 0) is 27.7 Å². The third-order valence-corrected chi connectivity index (χ3v) is 6.25. The lowest BCUT2D eigenvalue weighted by atomic mass is 10.1. The van der Waals surface area contributed by atoms with E-state index in [9.17, 15) is 13.2 Å². The van der Waals surface area contributed by atoms with E-state index in [0.29, 0.717) is 18.7 Å². The van der Waals surface area contributed by atoms with Crippen molar-refractivity contribution in [2.45, 2.75) is 58.1 Å². The number of hydrogen-bond acceptors (Lipinski definition) is 6. The van der Waals surface area contributed by atoms with Crippen LogP contribution in [0.2, 0.25) is 0 Å². The van der Waals surface area contributed by atoms with Gasteiger partial charge < -0.3 is 14.4 Å². The van der Waals surface area contributed by atoms with Gasteiger partial charge in [-0.2, -0.15) is 5.10 Å². The summed E-state index contributed by atoms with van der Waals surface area (Å²) in [5.41, 5.74) is 2.61. The van der Waals surface area contributed by atoms with E-state index < -0.39 is 21.7 Å². The normalized spacial score (nSPS) is 14.3. The summed E-state index contributed by atoms with van der Waals surface area (Å²) in [5, 5.41) is 6.98. The van der Waals surface area contributed by atoms with Crippen LogP contribution in [0.15, 0.2) is 17.0 Å². The predicted molar refractivity (Wildman–Crippen MR) is 112 cm³/mol. The summed E-state index contributed by atoms with van der Waals surface area (Å²) in [6, 6.07) is 3.28. The highest BCUT2D eigenvalue weighted by atomic mass is 32.2. The first kappa shape index (κ1) is 21.9. The summed E-state index contributed by atoms with van der Waals surface area (Å²) in [6.45, 7) is 9.84. The average molecular weight is 437 g/mol. The van der Waals surface area contributed by atoms with Crippen molar-refractivity contribution in [1.82, 2.24) is 15.1 Å². The van der Waals surface area contributed by atoms with E-state index >= 15 is 0 Å². The molecule has 30 heavy (non-hydrogen) atoms. The molecule has 0 saturated carbocycles. The molecule has 0 radical (unpaired) electrons. The topological polar surface area (TPSA) is 114 Å². The number of H-pyrrole nitrogens is 1. The number of ether oxygens (including phenoxy) is 2. The van der Waals surface area contributed by atoms with Gasteiger partial charge in [0.15, 0.2) is 5.82 Å². The fourth-order valence-corrected chi connectivity index (χ4v) is 4.47. The van der Waals surface area contributed by atoms with Gasteiger partial charge in [-0.1, -0.05) is 0 Å². The minimum Gasteiger partial charge on any atom is -0.495 e. The molecule has 2 heterocycles. The molecule has 0 spiro atoms. The molecule has 1 aliphatic heterocycles. The summed E-state index contributed by atoms with van der Waals surface area (Å²) in [7, 11) is -2.48. The maximum absolute atomic E-state index is 13.0. The number of amides is 1. The third-order valence-electron chi connectivity index (χ3n) is 4.89. The van der Waals surface area contributed by atoms with E-state index in [1.165, 1.54) is 7.11 Å². The Labute approximate surface area is 176 Å². The molecule has 2 N–H and O–H groups in total. The summed E-state index contributed by atoms with van der Waals surface area (Å²) in [4.78, 5) is 13.9. The molecule has 0 unspecified atom stereocenters. The first-order valence-corrected chi connectivity index (χ1v) is 11.1. The van der Waals surface area contributed by atoms with E-state index in [4.69, 9.17) is 9.47 Å². The molecule has 1 amide bonds. The summed E-state index contributed by atoms with van der Waals surface area (Å²) >= 11 is 0. The molecular weight excluding hydrogens is 408 g/mol. The van der Waals surface area contributed by atoms with E-state index in [1.807, 2.05) is 34.6 Å². The molecule has 3 rings (SSSR count). The first-order valence-electron chi connectivity index (χ1n) is 9.63. The zero-order valence-corrected chi connectivity index (χ0v) is 18.9. The molecule has 10 heteroatoms. The third kappa shape index (κ3) is 4.53. The van der Waals surface area contributed by atoms with Gasteiger partial charge in [0.05, 0.1) is 19.3 Å². The van der Waals surface area contributed by atoms with Crippen molar-refractivity contribution in [1.29, 1.82) is 0 Å². The van der Waals surface area contributed by atoms with Gasteiger partial charge in [-0.3, -0.25) is 9.82 Å². The molecule has 2 aromatic rings. The van der Waals surface area contributed by atoms with Crippen LogP contribution in [0, 0.1) is 13.8 Å². The predicted octanol–water partition coefficient (Wildman–Crippen LogP) is 3.13. The van der Waals surface area contributed by atoms with Crippen molar-refractivity contribution in [2.24, 2.45) is 0 Å². The Hall–Kier alpha value is -2.75. The fourth-order valence-electron chi connectivity index (χ4n) is 3.20. The maximum atomic E-state index is 13.0. The minimum atomic E-state index is -3.92. The number of nitrogens with zero attached hydrogens (tertiary/aromatic N) is 2. The van der Waals surface area contributed by atoms with Gasteiger partial charge in [0, 0.05) is 12.1 Å². The standard InChI is InChI=1S/C20H28N4O5S/c1-12-9-16(28-6)17(10-13(12)2)30(26,27)23-18-14-7-8-24(11-15(14)21-22-18)19(25)29-20(3,4)5/h9-10H,7-8,11H2,1-6H3,(H2,21,22,23). The smallest absolute Gasteiger partial charge is 0.410 e. The lowest BCUT2D eigenvalue weighted by Crippen LogP contribution is -2.39. The van der Waals surface area contributed by atoms with Crippen LogP contribution in [0.3, 0.4) is 0 Å². The van der Waals surface area contributed by atoms with Gasteiger partial charge in [0.2, 0.25) is 0 Å². The summed E-state index contributed by atoms with van der Waals surface area (Å²) < 4.78 is 39.3. The molecular formula is C20H28N4O5S. The number of nitrogens with one attached hydrogen (secondary N) is 2. The summed E-state index contributed by atoms with van der Waals surface area (Å²) in [6.07, 6.45) is 0.0391. The molecule has 0 aliphatic carbocycles. The van der Waals surface area contributed by atoms with Gasteiger partial charge in [0.1, 0.15) is 16.2 Å². The van der Waals surface area contributed by atoms with Crippen LogP contribution in [-0.4, -0.2) is 48.9 Å². The molecule has 0 bridgehead atoms. The number of aromatic amines is 1. The second-order valence-corrected chi connectivity index (χ2v) is 10.0. The van der Waals surface area contributed by atoms with Crippen molar-refractivity contribution in [3.05, 3.63) is 34.5 Å². The Morgan fingerprint density at radius 3 is 2.53 bits per heavy atom. The fraction of sp³-hybridized carbons (Fsp3) is 0.500. The second-order valence-electron chi connectivity index (χ2n) is 8.37. The number of benzene rings is 1. The molecule has 1 aromatic carbocycles. The Kier molecular flexibility index (Phi) is 5.72. The lowest BCUT2D eigenvalue weighted by Gasteiger charge is -2.29. The van der Waals surface area contributed by atoms with E-state index in [-0.39, 0.29) is 23.0 Å². The molecule has 0 saturated heterocycles. The molecule has 1 aliphatic rings. The van der Waals surface area contributed by atoms with Crippen LogP contribution in [0.25, 0.3) is 0 Å². The first-order chi connectivity index (χ1) is 13.9. The Morgan fingerprint density at radius 1 is 1.23 bits per heavy atom. The van der Waals surface area contributed by atoms with Gasteiger partial charge in [-0.25, -0.2) is 13.2 Å². The Balaban J connectivity index is 1.83. The highest BCUT2D eigenvalue weighted by Gasteiger charge is 2.30. The van der Waals surface area contributed by atoms with E-state index in [2.05, 4.69) is 14.9 Å². The highest BCUT2D eigenvalue weighted by molar-refractivity contribution is 7.92. The number of sulfonamides is 1. The number of rotatable bonds is 4. The van der Waals surface area contributed by atoms with Gasteiger partial charge in [0.25, 0.3) is 10.0 Å².